The standard InChI is InChI=1S/C39H28N4O/c1-23-18-24(2)37(25(3)19-23)36-22-41-39-33-21-27(13-15-29(33)31-9-5-7-11-35(31)43(36)39)44-26-12-14-28-30-8-4-6-10-34(30)42-17-16-40-38(42)32(28)20-26/h4-22H,1-3H3. The van der Waals surface area contributed by atoms with Crippen LogP contribution in [0.25, 0.3) is 65.9 Å². The van der Waals surface area contributed by atoms with Crippen molar-refractivity contribution in [2.45, 2.75) is 20.8 Å². The molecule has 0 aliphatic carbocycles. The molecule has 44 heavy (non-hydrogen) atoms. The van der Waals surface area contributed by atoms with Gasteiger partial charge in [-0.2, -0.15) is 0 Å². The van der Waals surface area contributed by atoms with Gasteiger partial charge in [-0.3, -0.25) is 8.80 Å². The van der Waals surface area contributed by atoms with Gasteiger partial charge in [0.1, 0.15) is 22.8 Å². The van der Waals surface area contributed by atoms with E-state index in [1.54, 1.807) is 0 Å². The highest BCUT2D eigenvalue weighted by molar-refractivity contribution is 6.13. The molecule has 9 rings (SSSR count). The number of ether oxygens (including phenoxy) is 1. The van der Waals surface area contributed by atoms with Crippen molar-refractivity contribution in [2.75, 3.05) is 0 Å². The number of aromatic nitrogens is 4. The smallest absolute Gasteiger partial charge is 0.145 e. The predicted molar refractivity (Wildman–Crippen MR) is 180 cm³/mol. The fraction of sp³-hybridized carbons (Fsp3) is 0.0769. The maximum Gasteiger partial charge on any atom is 0.145 e. The molecule has 5 aromatic carbocycles. The van der Waals surface area contributed by atoms with Crippen LogP contribution in [0.2, 0.25) is 0 Å². The zero-order valence-electron chi connectivity index (χ0n) is 24.7. The number of imidazole rings is 2. The molecular formula is C39H28N4O. The molecule has 5 nitrogen and oxygen atoms in total. The third kappa shape index (κ3) is 3.53. The van der Waals surface area contributed by atoms with Gasteiger partial charge in [0.05, 0.1) is 22.9 Å². The molecule has 0 spiro atoms. The summed E-state index contributed by atoms with van der Waals surface area (Å²) in [5.74, 6) is 1.53. The summed E-state index contributed by atoms with van der Waals surface area (Å²) in [6, 6.07) is 34.1. The number of para-hydroxylation sites is 2. The zero-order valence-corrected chi connectivity index (χ0v) is 24.7. The minimum absolute atomic E-state index is 0.765. The SMILES string of the molecule is Cc1cc(C)c(-c2cnc3c4cc(Oc5ccc6c7ccccc7n7ccnc7c6c5)ccc4c4ccccc4n23)c(C)c1. The first-order chi connectivity index (χ1) is 21.5. The van der Waals surface area contributed by atoms with Gasteiger partial charge < -0.3 is 4.74 Å². The number of fused-ring (bicyclic) bond motifs is 12. The summed E-state index contributed by atoms with van der Waals surface area (Å²) in [7, 11) is 0. The Labute approximate surface area is 253 Å². The molecular weight excluding hydrogens is 540 g/mol. The van der Waals surface area contributed by atoms with Crippen LogP contribution in [0.4, 0.5) is 0 Å². The molecule has 0 aliphatic rings. The Morgan fingerprint density at radius 3 is 1.89 bits per heavy atom. The van der Waals surface area contributed by atoms with Crippen molar-refractivity contribution in [1.29, 1.82) is 0 Å². The number of hydrogen-bond acceptors (Lipinski definition) is 3. The van der Waals surface area contributed by atoms with E-state index in [2.05, 4.69) is 126 Å². The fourth-order valence-corrected chi connectivity index (χ4v) is 7.20. The lowest BCUT2D eigenvalue weighted by molar-refractivity contribution is 0.484. The van der Waals surface area contributed by atoms with E-state index in [1.807, 2.05) is 24.7 Å². The van der Waals surface area contributed by atoms with E-state index < -0.39 is 0 Å². The Morgan fingerprint density at radius 2 is 1.18 bits per heavy atom. The van der Waals surface area contributed by atoms with Gasteiger partial charge in [0.15, 0.2) is 0 Å². The van der Waals surface area contributed by atoms with Crippen molar-refractivity contribution in [3.8, 4) is 22.8 Å². The first-order valence-electron chi connectivity index (χ1n) is 14.9. The van der Waals surface area contributed by atoms with Gasteiger partial charge in [-0.15, -0.1) is 0 Å². The van der Waals surface area contributed by atoms with Gasteiger partial charge in [0.2, 0.25) is 0 Å². The summed E-state index contributed by atoms with van der Waals surface area (Å²) in [5.41, 5.74) is 10.2. The van der Waals surface area contributed by atoms with E-state index in [0.29, 0.717) is 0 Å². The molecule has 5 heteroatoms. The molecule has 0 bridgehead atoms. The predicted octanol–water partition coefficient (Wildman–Crippen LogP) is 9.98. The summed E-state index contributed by atoms with van der Waals surface area (Å²) >= 11 is 0. The van der Waals surface area contributed by atoms with E-state index in [-0.39, 0.29) is 0 Å². The van der Waals surface area contributed by atoms with E-state index in [9.17, 15) is 0 Å². The number of hydrogen-bond donors (Lipinski definition) is 0. The second-order valence-corrected chi connectivity index (χ2v) is 11.7. The van der Waals surface area contributed by atoms with Gasteiger partial charge in [-0.1, -0.05) is 54.1 Å². The summed E-state index contributed by atoms with van der Waals surface area (Å²) in [4.78, 5) is 9.71. The van der Waals surface area contributed by atoms with Crippen molar-refractivity contribution >= 4 is 54.6 Å². The first-order valence-corrected chi connectivity index (χ1v) is 14.9. The van der Waals surface area contributed by atoms with Gasteiger partial charge in [0.25, 0.3) is 0 Å². The van der Waals surface area contributed by atoms with Crippen LogP contribution in [0.5, 0.6) is 11.5 Å². The van der Waals surface area contributed by atoms with E-state index in [0.717, 1.165) is 61.1 Å². The molecule has 0 unspecified atom stereocenters. The minimum atomic E-state index is 0.765. The van der Waals surface area contributed by atoms with Gasteiger partial charge in [-0.25, -0.2) is 9.97 Å². The molecule has 0 N–H and O–H groups in total. The van der Waals surface area contributed by atoms with Crippen LogP contribution in [-0.4, -0.2) is 18.8 Å². The molecule has 210 valence electrons. The van der Waals surface area contributed by atoms with Gasteiger partial charge in [-0.05, 0) is 91.2 Å². The molecule has 0 saturated carbocycles. The number of benzene rings is 5. The third-order valence-electron chi connectivity index (χ3n) is 8.92. The fourth-order valence-electron chi connectivity index (χ4n) is 7.20. The van der Waals surface area contributed by atoms with Crippen molar-refractivity contribution in [3.63, 3.8) is 0 Å². The Bertz CT molecular complexity index is 2600. The van der Waals surface area contributed by atoms with Crippen molar-refractivity contribution in [2.24, 2.45) is 0 Å². The van der Waals surface area contributed by atoms with Crippen LogP contribution in [0.3, 0.4) is 0 Å². The Morgan fingerprint density at radius 1 is 0.568 bits per heavy atom. The molecule has 0 saturated heterocycles. The largest absolute Gasteiger partial charge is 0.457 e. The van der Waals surface area contributed by atoms with E-state index in [4.69, 9.17) is 9.72 Å². The van der Waals surface area contributed by atoms with Crippen LogP contribution in [0.1, 0.15) is 16.7 Å². The van der Waals surface area contributed by atoms with Crippen molar-refractivity contribution < 1.29 is 4.74 Å². The van der Waals surface area contributed by atoms with Crippen LogP contribution in [0, 0.1) is 20.8 Å². The highest BCUT2D eigenvalue weighted by Crippen LogP contribution is 2.38. The first kappa shape index (κ1) is 24.9. The molecule has 9 aromatic rings. The lowest BCUT2D eigenvalue weighted by Crippen LogP contribution is -1.97. The third-order valence-corrected chi connectivity index (χ3v) is 8.92. The maximum atomic E-state index is 6.56. The number of rotatable bonds is 3. The van der Waals surface area contributed by atoms with Crippen molar-refractivity contribution in [1.82, 2.24) is 18.8 Å². The Kier molecular flexibility index (Phi) is 5.18. The molecule has 0 aliphatic heterocycles. The second-order valence-electron chi connectivity index (χ2n) is 11.7. The maximum absolute atomic E-state index is 6.56. The van der Waals surface area contributed by atoms with Crippen molar-refractivity contribution in [3.05, 3.63) is 132 Å². The monoisotopic (exact) mass is 568 g/mol. The molecule has 0 amide bonds. The summed E-state index contributed by atoms with van der Waals surface area (Å²) in [6.07, 6.45) is 5.89. The highest BCUT2D eigenvalue weighted by atomic mass is 16.5. The molecule has 0 fully saturated rings. The van der Waals surface area contributed by atoms with Crippen LogP contribution < -0.4 is 4.74 Å². The summed E-state index contributed by atoms with van der Waals surface area (Å²) in [6.45, 7) is 6.53. The minimum Gasteiger partial charge on any atom is -0.457 e. The Hall–Kier alpha value is -5.68. The zero-order chi connectivity index (χ0) is 29.5. The Balaban J connectivity index is 1.24. The quantitative estimate of drug-likeness (QED) is 0.199. The highest BCUT2D eigenvalue weighted by Gasteiger charge is 2.18. The van der Waals surface area contributed by atoms with Gasteiger partial charge >= 0.3 is 0 Å². The van der Waals surface area contributed by atoms with Crippen LogP contribution in [-0.2, 0) is 0 Å². The van der Waals surface area contributed by atoms with E-state index >= 15 is 0 Å². The normalized spacial score (nSPS) is 12.0. The lowest BCUT2D eigenvalue weighted by Gasteiger charge is -2.15. The van der Waals surface area contributed by atoms with Crippen LogP contribution >= 0.6 is 0 Å². The summed E-state index contributed by atoms with van der Waals surface area (Å²) in [5, 5.41) is 6.79. The second kappa shape index (κ2) is 9.16. The van der Waals surface area contributed by atoms with E-state index in [1.165, 1.54) is 33.0 Å². The number of pyridine rings is 2. The lowest BCUT2D eigenvalue weighted by atomic mass is 9.97. The summed E-state index contributed by atoms with van der Waals surface area (Å²) < 4.78 is 11.0. The van der Waals surface area contributed by atoms with Crippen LogP contribution in [0.15, 0.2) is 116 Å². The molecule has 0 atom stereocenters. The topological polar surface area (TPSA) is 43.8 Å². The molecule has 4 heterocycles. The molecule has 4 aromatic heterocycles. The number of aryl methyl sites for hydroxylation is 3. The average molecular weight is 569 g/mol. The molecule has 0 radical (unpaired) electrons. The number of nitrogens with zero attached hydrogens (tertiary/aromatic N) is 4. The van der Waals surface area contributed by atoms with Gasteiger partial charge in [0, 0.05) is 39.5 Å². The average Bonchev–Trinajstić information content (AvgIpc) is 3.70.